The van der Waals surface area contributed by atoms with E-state index in [4.69, 9.17) is 4.74 Å². The summed E-state index contributed by atoms with van der Waals surface area (Å²) in [7, 11) is 0. The van der Waals surface area contributed by atoms with Gasteiger partial charge >= 0.3 is 0 Å². The van der Waals surface area contributed by atoms with Gasteiger partial charge in [0.25, 0.3) is 0 Å². The fourth-order valence-electron chi connectivity index (χ4n) is 3.06. The molecule has 2 aliphatic rings. The molecule has 3 atom stereocenters. The number of piperidine rings is 1. The van der Waals surface area contributed by atoms with Crippen molar-refractivity contribution in [2.75, 3.05) is 32.8 Å². The molecule has 3 heteroatoms. The Balaban J connectivity index is 1.82. The van der Waals surface area contributed by atoms with Crippen LogP contribution in [0.3, 0.4) is 0 Å². The van der Waals surface area contributed by atoms with E-state index in [0.29, 0.717) is 12.1 Å². The predicted octanol–water partition coefficient (Wildman–Crippen LogP) is 1.49. The average Bonchev–Trinajstić information content (AvgIpc) is 2.82. The zero-order valence-electron chi connectivity index (χ0n) is 10.7. The molecule has 0 radical (unpaired) electrons. The maximum atomic E-state index is 5.50. The number of hydrogen-bond donors (Lipinski definition) is 1. The van der Waals surface area contributed by atoms with Crippen LogP contribution in [0.15, 0.2) is 0 Å². The predicted molar refractivity (Wildman–Crippen MR) is 66.7 cm³/mol. The lowest BCUT2D eigenvalue weighted by Crippen LogP contribution is -2.50. The monoisotopic (exact) mass is 226 g/mol. The van der Waals surface area contributed by atoms with Gasteiger partial charge in [-0.15, -0.1) is 0 Å². The summed E-state index contributed by atoms with van der Waals surface area (Å²) in [4.78, 5) is 2.66. The highest BCUT2D eigenvalue weighted by Crippen LogP contribution is 2.23. The highest BCUT2D eigenvalue weighted by atomic mass is 16.5. The second-order valence-corrected chi connectivity index (χ2v) is 5.26. The van der Waals surface area contributed by atoms with Crippen molar-refractivity contribution in [3.63, 3.8) is 0 Å². The lowest BCUT2D eigenvalue weighted by atomic mass is 9.95. The molecule has 0 bridgehead atoms. The van der Waals surface area contributed by atoms with E-state index >= 15 is 0 Å². The van der Waals surface area contributed by atoms with Crippen molar-refractivity contribution >= 4 is 0 Å². The molecule has 0 aromatic heterocycles. The number of likely N-dealkylation sites (tertiary alicyclic amines) is 1. The molecule has 3 unspecified atom stereocenters. The fourth-order valence-corrected chi connectivity index (χ4v) is 3.06. The third kappa shape index (κ3) is 2.96. The molecule has 0 aliphatic carbocycles. The van der Waals surface area contributed by atoms with Gasteiger partial charge in [-0.1, -0.05) is 6.92 Å². The minimum Gasteiger partial charge on any atom is -0.381 e. The Morgan fingerprint density at radius 1 is 1.44 bits per heavy atom. The molecule has 2 heterocycles. The zero-order chi connectivity index (χ0) is 11.4. The van der Waals surface area contributed by atoms with E-state index in [-0.39, 0.29) is 0 Å². The van der Waals surface area contributed by atoms with Crippen LogP contribution in [0.4, 0.5) is 0 Å². The molecule has 0 amide bonds. The van der Waals surface area contributed by atoms with Crippen molar-refractivity contribution in [1.29, 1.82) is 0 Å². The normalized spacial score (nSPS) is 34.1. The van der Waals surface area contributed by atoms with E-state index in [1.807, 2.05) is 0 Å². The summed E-state index contributed by atoms with van der Waals surface area (Å²) < 4.78 is 5.50. The smallest absolute Gasteiger partial charge is 0.0509 e. The van der Waals surface area contributed by atoms with Gasteiger partial charge in [0.1, 0.15) is 0 Å². The van der Waals surface area contributed by atoms with E-state index in [1.165, 1.54) is 32.4 Å². The summed E-state index contributed by atoms with van der Waals surface area (Å²) in [6.07, 6.45) is 3.94. The van der Waals surface area contributed by atoms with Crippen molar-refractivity contribution in [1.82, 2.24) is 10.2 Å². The average molecular weight is 226 g/mol. The molecule has 94 valence electrons. The van der Waals surface area contributed by atoms with Crippen LogP contribution in [0.2, 0.25) is 0 Å². The zero-order valence-corrected chi connectivity index (χ0v) is 10.7. The van der Waals surface area contributed by atoms with Crippen molar-refractivity contribution in [2.24, 2.45) is 5.92 Å². The molecule has 2 fully saturated rings. The Labute approximate surface area is 99.5 Å². The van der Waals surface area contributed by atoms with Crippen molar-refractivity contribution in [2.45, 2.75) is 45.2 Å². The van der Waals surface area contributed by atoms with Crippen LogP contribution in [0.1, 0.15) is 33.1 Å². The quantitative estimate of drug-likeness (QED) is 0.786. The molecular weight excluding hydrogens is 200 g/mol. The van der Waals surface area contributed by atoms with Crippen LogP contribution in [-0.2, 0) is 4.74 Å². The van der Waals surface area contributed by atoms with Gasteiger partial charge in [0.15, 0.2) is 0 Å². The second kappa shape index (κ2) is 5.99. The molecule has 2 rings (SSSR count). The van der Waals surface area contributed by atoms with E-state index < -0.39 is 0 Å². The number of likely N-dealkylation sites (N-methyl/N-ethyl adjacent to an activating group) is 1. The van der Waals surface area contributed by atoms with Crippen LogP contribution < -0.4 is 5.32 Å². The van der Waals surface area contributed by atoms with Gasteiger partial charge in [0, 0.05) is 25.2 Å². The first kappa shape index (κ1) is 12.3. The number of rotatable bonds is 4. The van der Waals surface area contributed by atoms with Crippen molar-refractivity contribution in [3.05, 3.63) is 0 Å². The molecule has 2 aliphatic heterocycles. The molecule has 3 nitrogen and oxygen atoms in total. The second-order valence-electron chi connectivity index (χ2n) is 5.26. The largest absolute Gasteiger partial charge is 0.381 e. The van der Waals surface area contributed by atoms with E-state index in [9.17, 15) is 0 Å². The Bertz CT molecular complexity index is 202. The summed E-state index contributed by atoms with van der Waals surface area (Å²) >= 11 is 0. The minimum atomic E-state index is 0.698. The number of ether oxygens (including phenoxy) is 1. The van der Waals surface area contributed by atoms with E-state index in [2.05, 4.69) is 24.1 Å². The van der Waals surface area contributed by atoms with Crippen molar-refractivity contribution in [3.8, 4) is 0 Å². The number of nitrogens with one attached hydrogen (secondary N) is 1. The summed E-state index contributed by atoms with van der Waals surface area (Å²) in [5.74, 6) is 0.764. The molecule has 0 spiro atoms. The van der Waals surface area contributed by atoms with Crippen molar-refractivity contribution < 1.29 is 4.74 Å². The van der Waals surface area contributed by atoms with E-state index in [1.54, 1.807) is 0 Å². The molecular formula is C13H26N2O. The van der Waals surface area contributed by atoms with Gasteiger partial charge in [0.2, 0.25) is 0 Å². The first-order valence-corrected chi connectivity index (χ1v) is 6.86. The van der Waals surface area contributed by atoms with Crippen LogP contribution in [0.25, 0.3) is 0 Å². The molecule has 0 saturated carbocycles. The number of hydrogen-bond acceptors (Lipinski definition) is 3. The Hall–Kier alpha value is -0.120. The van der Waals surface area contributed by atoms with Crippen LogP contribution in [0, 0.1) is 5.92 Å². The van der Waals surface area contributed by atoms with Crippen LogP contribution in [-0.4, -0.2) is 49.8 Å². The fraction of sp³-hybridized carbons (Fsp3) is 1.00. The maximum absolute atomic E-state index is 5.50. The molecule has 0 aromatic rings. The lowest BCUT2D eigenvalue weighted by molar-refractivity contribution is 0.0967. The maximum Gasteiger partial charge on any atom is 0.0509 e. The minimum absolute atomic E-state index is 0.698. The van der Waals surface area contributed by atoms with Gasteiger partial charge in [-0.3, -0.25) is 4.90 Å². The highest BCUT2D eigenvalue weighted by molar-refractivity contribution is 4.85. The third-order valence-electron chi connectivity index (χ3n) is 4.17. The van der Waals surface area contributed by atoms with Gasteiger partial charge < -0.3 is 10.1 Å². The molecule has 1 N–H and O–H groups in total. The summed E-state index contributed by atoms with van der Waals surface area (Å²) in [5.41, 5.74) is 0. The Morgan fingerprint density at radius 2 is 2.31 bits per heavy atom. The van der Waals surface area contributed by atoms with Crippen LogP contribution >= 0.6 is 0 Å². The third-order valence-corrected chi connectivity index (χ3v) is 4.17. The summed E-state index contributed by atoms with van der Waals surface area (Å²) in [5, 5.41) is 3.59. The lowest BCUT2D eigenvalue weighted by Gasteiger charge is -2.39. The molecule has 2 saturated heterocycles. The highest BCUT2D eigenvalue weighted by Gasteiger charge is 2.30. The number of nitrogens with zero attached hydrogens (tertiary/aromatic N) is 1. The molecule has 0 aromatic carbocycles. The summed E-state index contributed by atoms with van der Waals surface area (Å²) in [6, 6.07) is 1.41. The first-order valence-electron chi connectivity index (χ1n) is 6.86. The molecule has 16 heavy (non-hydrogen) atoms. The Morgan fingerprint density at radius 3 is 3.00 bits per heavy atom. The van der Waals surface area contributed by atoms with Gasteiger partial charge in [-0.05, 0) is 45.2 Å². The standard InChI is InChI=1S/C13H26N2O/c1-3-14-13-5-4-7-15(9-13)11(2)12-6-8-16-10-12/h11-14H,3-10H2,1-2H3. The van der Waals surface area contributed by atoms with Gasteiger partial charge in [0.05, 0.1) is 6.61 Å². The first-order chi connectivity index (χ1) is 7.81. The SMILES string of the molecule is CCNC1CCCN(C(C)C2CCOC2)C1. The Kier molecular flexibility index (Phi) is 4.62. The van der Waals surface area contributed by atoms with E-state index in [0.717, 1.165) is 25.7 Å². The topological polar surface area (TPSA) is 24.5 Å². The van der Waals surface area contributed by atoms with Gasteiger partial charge in [-0.25, -0.2) is 0 Å². The van der Waals surface area contributed by atoms with Gasteiger partial charge in [-0.2, -0.15) is 0 Å². The van der Waals surface area contributed by atoms with Crippen LogP contribution in [0.5, 0.6) is 0 Å². The summed E-state index contributed by atoms with van der Waals surface area (Å²) in [6.45, 7) is 10.1.